The summed E-state index contributed by atoms with van der Waals surface area (Å²) in [4.78, 5) is 13.0. The van der Waals surface area contributed by atoms with Crippen molar-refractivity contribution in [3.05, 3.63) is 47.8 Å². The molecule has 0 bridgehead atoms. The van der Waals surface area contributed by atoms with E-state index in [1.807, 2.05) is 56.1 Å². The zero-order valence-electron chi connectivity index (χ0n) is 11.9. The maximum Gasteiger partial charge on any atom is 0.323 e. The molecule has 0 saturated heterocycles. The fourth-order valence-electron chi connectivity index (χ4n) is 2.29. The Labute approximate surface area is 118 Å². The maximum absolute atomic E-state index is 11.1. The molecule has 0 radical (unpaired) electrons. The van der Waals surface area contributed by atoms with Crippen molar-refractivity contribution < 1.29 is 9.90 Å². The number of hydrogen-bond donors (Lipinski definition) is 1. The van der Waals surface area contributed by atoms with Crippen LogP contribution in [0.5, 0.6) is 0 Å². The number of rotatable bonds is 5. The van der Waals surface area contributed by atoms with Gasteiger partial charge in [0.2, 0.25) is 0 Å². The van der Waals surface area contributed by atoms with Crippen LogP contribution in [0.15, 0.2) is 36.5 Å². The van der Waals surface area contributed by atoms with Gasteiger partial charge in [0.1, 0.15) is 6.54 Å². The van der Waals surface area contributed by atoms with E-state index in [2.05, 4.69) is 5.10 Å². The number of aromatic nitrogens is 2. The monoisotopic (exact) mass is 273 g/mol. The number of benzene rings is 1. The number of carboxylic acid groups (broad SMARTS) is 1. The average Bonchev–Trinajstić information content (AvgIpc) is 2.82. The molecule has 1 aromatic heterocycles. The van der Waals surface area contributed by atoms with Gasteiger partial charge in [-0.1, -0.05) is 17.7 Å². The molecule has 0 aliphatic rings. The molecule has 1 heterocycles. The van der Waals surface area contributed by atoms with Gasteiger partial charge in [-0.25, -0.2) is 0 Å². The normalized spacial score (nSPS) is 12.2. The molecule has 20 heavy (non-hydrogen) atoms. The van der Waals surface area contributed by atoms with Crippen molar-refractivity contribution in [1.29, 1.82) is 0 Å². The van der Waals surface area contributed by atoms with E-state index in [1.165, 1.54) is 0 Å². The molecule has 0 saturated carbocycles. The molecule has 0 aliphatic carbocycles. The van der Waals surface area contributed by atoms with E-state index in [-0.39, 0.29) is 12.6 Å². The standard InChI is InChI=1S/C15H19N3O2/c1-11-4-6-13(7-5-11)18(10-15(19)20)12(2)14-8-9-16-17(14)3/h4-9,12H,10H2,1-3H3,(H,19,20). The summed E-state index contributed by atoms with van der Waals surface area (Å²) in [5.41, 5.74) is 3.02. The Morgan fingerprint density at radius 2 is 2.00 bits per heavy atom. The van der Waals surface area contributed by atoms with E-state index >= 15 is 0 Å². The van der Waals surface area contributed by atoms with E-state index in [0.29, 0.717) is 0 Å². The molecule has 5 nitrogen and oxygen atoms in total. The molecule has 0 aliphatic heterocycles. The highest BCUT2D eigenvalue weighted by molar-refractivity contribution is 5.74. The highest BCUT2D eigenvalue weighted by atomic mass is 16.4. The summed E-state index contributed by atoms with van der Waals surface area (Å²) in [6.07, 6.45) is 1.72. The van der Waals surface area contributed by atoms with Crippen LogP contribution >= 0.6 is 0 Å². The zero-order chi connectivity index (χ0) is 14.7. The lowest BCUT2D eigenvalue weighted by Gasteiger charge is -2.30. The summed E-state index contributed by atoms with van der Waals surface area (Å²) >= 11 is 0. The van der Waals surface area contributed by atoms with Gasteiger partial charge in [0.25, 0.3) is 0 Å². The minimum Gasteiger partial charge on any atom is -0.480 e. The fourth-order valence-corrected chi connectivity index (χ4v) is 2.29. The van der Waals surface area contributed by atoms with E-state index in [9.17, 15) is 4.79 Å². The van der Waals surface area contributed by atoms with Gasteiger partial charge in [0.05, 0.1) is 11.7 Å². The molecule has 1 unspecified atom stereocenters. The van der Waals surface area contributed by atoms with Gasteiger partial charge >= 0.3 is 5.97 Å². The highest BCUT2D eigenvalue weighted by Crippen LogP contribution is 2.26. The first-order chi connectivity index (χ1) is 9.49. The van der Waals surface area contributed by atoms with Gasteiger partial charge < -0.3 is 10.0 Å². The Balaban J connectivity index is 2.34. The minimum absolute atomic E-state index is 0.0462. The first kappa shape index (κ1) is 14.1. The summed E-state index contributed by atoms with van der Waals surface area (Å²) in [5, 5.41) is 13.3. The van der Waals surface area contributed by atoms with Crippen molar-refractivity contribution in [2.24, 2.45) is 7.05 Å². The molecule has 1 N–H and O–H groups in total. The zero-order valence-corrected chi connectivity index (χ0v) is 11.9. The van der Waals surface area contributed by atoms with Gasteiger partial charge in [0.15, 0.2) is 0 Å². The number of carbonyl (C=O) groups is 1. The molecule has 106 valence electrons. The van der Waals surface area contributed by atoms with Crippen molar-refractivity contribution in [2.45, 2.75) is 19.9 Å². The molecule has 0 fully saturated rings. The highest BCUT2D eigenvalue weighted by Gasteiger charge is 2.21. The number of nitrogens with zero attached hydrogens (tertiary/aromatic N) is 3. The maximum atomic E-state index is 11.1. The van der Waals surface area contributed by atoms with Crippen molar-refractivity contribution in [1.82, 2.24) is 9.78 Å². The number of carboxylic acids is 1. The van der Waals surface area contributed by atoms with Crippen LogP contribution < -0.4 is 4.90 Å². The summed E-state index contributed by atoms with van der Waals surface area (Å²) in [6.45, 7) is 3.95. The third-order valence-electron chi connectivity index (χ3n) is 3.43. The second-order valence-electron chi connectivity index (χ2n) is 4.91. The topological polar surface area (TPSA) is 58.4 Å². The summed E-state index contributed by atoms with van der Waals surface area (Å²) < 4.78 is 1.77. The van der Waals surface area contributed by atoms with Gasteiger partial charge in [-0.15, -0.1) is 0 Å². The molecule has 1 aromatic carbocycles. The molecule has 0 spiro atoms. The summed E-state index contributed by atoms with van der Waals surface area (Å²) in [7, 11) is 1.86. The minimum atomic E-state index is -0.848. The van der Waals surface area contributed by atoms with Crippen molar-refractivity contribution >= 4 is 11.7 Å². The number of anilines is 1. The molecule has 0 amide bonds. The average molecular weight is 273 g/mol. The second-order valence-corrected chi connectivity index (χ2v) is 4.91. The smallest absolute Gasteiger partial charge is 0.323 e. The molecular weight excluding hydrogens is 254 g/mol. The Kier molecular flexibility index (Phi) is 4.08. The first-order valence-electron chi connectivity index (χ1n) is 6.52. The third-order valence-corrected chi connectivity index (χ3v) is 3.43. The lowest BCUT2D eigenvalue weighted by atomic mass is 10.1. The molecule has 2 aromatic rings. The SMILES string of the molecule is Cc1ccc(N(CC(=O)O)C(C)c2ccnn2C)cc1. The van der Waals surface area contributed by atoms with Crippen LogP contribution in [0.3, 0.4) is 0 Å². The summed E-state index contributed by atoms with van der Waals surface area (Å²) in [6, 6.07) is 9.71. The van der Waals surface area contributed by atoms with Gasteiger partial charge in [-0.05, 0) is 32.0 Å². The van der Waals surface area contributed by atoms with Gasteiger partial charge in [-0.2, -0.15) is 5.10 Å². The second kappa shape index (κ2) is 5.77. The predicted molar refractivity (Wildman–Crippen MR) is 77.8 cm³/mol. The Morgan fingerprint density at radius 3 is 2.50 bits per heavy atom. The molecule has 5 heteroatoms. The largest absolute Gasteiger partial charge is 0.480 e. The van der Waals surface area contributed by atoms with E-state index in [1.54, 1.807) is 10.9 Å². The van der Waals surface area contributed by atoms with E-state index < -0.39 is 5.97 Å². The molecule has 2 rings (SSSR count). The van der Waals surface area contributed by atoms with Crippen molar-refractivity contribution in [2.75, 3.05) is 11.4 Å². The van der Waals surface area contributed by atoms with Crippen molar-refractivity contribution in [3.8, 4) is 0 Å². The van der Waals surface area contributed by atoms with Crippen LogP contribution in [0.1, 0.15) is 24.2 Å². The van der Waals surface area contributed by atoms with Crippen LogP contribution in [0.25, 0.3) is 0 Å². The van der Waals surface area contributed by atoms with Crippen molar-refractivity contribution in [3.63, 3.8) is 0 Å². The van der Waals surface area contributed by atoms with Crippen LogP contribution in [0.2, 0.25) is 0 Å². The Morgan fingerprint density at radius 1 is 1.35 bits per heavy atom. The van der Waals surface area contributed by atoms with Gasteiger partial charge in [-0.3, -0.25) is 9.48 Å². The van der Waals surface area contributed by atoms with Gasteiger partial charge in [0, 0.05) is 18.9 Å². The number of aryl methyl sites for hydroxylation is 2. The predicted octanol–water partition coefficient (Wildman–Crippen LogP) is 2.38. The lowest BCUT2D eigenvalue weighted by Crippen LogP contribution is -2.33. The quantitative estimate of drug-likeness (QED) is 0.908. The van der Waals surface area contributed by atoms with E-state index in [4.69, 9.17) is 5.11 Å². The number of aliphatic carboxylic acids is 1. The number of hydrogen-bond acceptors (Lipinski definition) is 3. The molecular formula is C15H19N3O2. The first-order valence-corrected chi connectivity index (χ1v) is 6.52. The lowest BCUT2D eigenvalue weighted by molar-refractivity contribution is -0.135. The van der Waals surface area contributed by atoms with Crippen LogP contribution in [-0.2, 0) is 11.8 Å². The Hall–Kier alpha value is -2.30. The van der Waals surface area contributed by atoms with E-state index in [0.717, 1.165) is 16.9 Å². The molecule has 1 atom stereocenters. The third kappa shape index (κ3) is 2.99. The Bertz CT molecular complexity index is 589. The summed E-state index contributed by atoms with van der Waals surface area (Å²) in [5.74, 6) is -0.848. The van der Waals surface area contributed by atoms with Crippen LogP contribution in [0, 0.1) is 6.92 Å². The fraction of sp³-hybridized carbons (Fsp3) is 0.333. The van der Waals surface area contributed by atoms with Crippen LogP contribution in [-0.4, -0.2) is 27.4 Å². The van der Waals surface area contributed by atoms with Crippen LogP contribution in [0.4, 0.5) is 5.69 Å².